The van der Waals surface area contributed by atoms with Crippen LogP contribution in [0.1, 0.15) is 36.0 Å². The first-order valence-electron chi connectivity index (χ1n) is 10.3. The van der Waals surface area contributed by atoms with E-state index in [0.717, 1.165) is 19.3 Å². The normalized spacial score (nSPS) is 19.3. The predicted octanol–water partition coefficient (Wildman–Crippen LogP) is 2.65. The molecular formula is C21H25N3O5S2. The Bertz CT molecular complexity index is 1150. The molecule has 4 rings (SSSR count). The number of hydrogen-bond donors (Lipinski definition) is 1. The van der Waals surface area contributed by atoms with Gasteiger partial charge in [0.25, 0.3) is 5.91 Å². The molecule has 2 saturated heterocycles. The van der Waals surface area contributed by atoms with Crippen LogP contribution in [-0.2, 0) is 20.0 Å². The van der Waals surface area contributed by atoms with Gasteiger partial charge in [0.1, 0.15) is 0 Å². The lowest BCUT2D eigenvalue weighted by atomic mass is 10.2. The average Bonchev–Trinajstić information content (AvgIpc) is 3.14. The van der Waals surface area contributed by atoms with Gasteiger partial charge in [0, 0.05) is 30.9 Å². The van der Waals surface area contributed by atoms with Crippen LogP contribution in [0.25, 0.3) is 0 Å². The molecule has 0 unspecified atom stereocenters. The van der Waals surface area contributed by atoms with Crippen molar-refractivity contribution in [3.63, 3.8) is 0 Å². The zero-order chi connectivity index (χ0) is 22.1. The molecule has 0 atom stereocenters. The van der Waals surface area contributed by atoms with Gasteiger partial charge in [-0.3, -0.25) is 9.10 Å². The fourth-order valence-electron chi connectivity index (χ4n) is 3.88. The summed E-state index contributed by atoms with van der Waals surface area (Å²) < 4.78 is 52.3. The number of piperidine rings is 1. The van der Waals surface area contributed by atoms with Gasteiger partial charge >= 0.3 is 0 Å². The highest BCUT2D eigenvalue weighted by Gasteiger charge is 2.28. The van der Waals surface area contributed by atoms with Crippen molar-refractivity contribution in [1.29, 1.82) is 0 Å². The average molecular weight is 464 g/mol. The van der Waals surface area contributed by atoms with Gasteiger partial charge in [-0.2, -0.15) is 4.31 Å². The minimum atomic E-state index is -3.52. The van der Waals surface area contributed by atoms with Gasteiger partial charge in [-0.25, -0.2) is 16.8 Å². The van der Waals surface area contributed by atoms with Crippen LogP contribution in [0.4, 0.5) is 11.4 Å². The van der Waals surface area contributed by atoms with Gasteiger partial charge in [0.05, 0.1) is 16.3 Å². The van der Waals surface area contributed by atoms with Crippen LogP contribution in [0.5, 0.6) is 0 Å². The molecule has 2 heterocycles. The van der Waals surface area contributed by atoms with Crippen LogP contribution in [0, 0.1) is 0 Å². The quantitative estimate of drug-likeness (QED) is 0.734. The first-order valence-corrected chi connectivity index (χ1v) is 13.3. The van der Waals surface area contributed by atoms with Crippen LogP contribution in [0.15, 0.2) is 53.4 Å². The smallest absolute Gasteiger partial charge is 0.255 e. The summed E-state index contributed by atoms with van der Waals surface area (Å²) in [6.07, 6.45) is 3.38. The highest BCUT2D eigenvalue weighted by molar-refractivity contribution is 7.93. The monoisotopic (exact) mass is 463 g/mol. The molecule has 2 aromatic rings. The number of anilines is 2. The number of rotatable bonds is 5. The minimum Gasteiger partial charge on any atom is -0.322 e. The third-order valence-corrected chi connectivity index (χ3v) is 9.36. The highest BCUT2D eigenvalue weighted by atomic mass is 32.2. The van der Waals surface area contributed by atoms with Gasteiger partial charge in [-0.1, -0.05) is 6.42 Å². The van der Waals surface area contributed by atoms with E-state index in [9.17, 15) is 21.6 Å². The van der Waals surface area contributed by atoms with E-state index in [0.29, 0.717) is 43.0 Å². The Morgan fingerprint density at radius 1 is 0.839 bits per heavy atom. The van der Waals surface area contributed by atoms with E-state index in [-0.39, 0.29) is 16.6 Å². The van der Waals surface area contributed by atoms with Gasteiger partial charge in [-0.15, -0.1) is 0 Å². The topological polar surface area (TPSA) is 104 Å². The van der Waals surface area contributed by atoms with E-state index in [2.05, 4.69) is 5.32 Å². The summed E-state index contributed by atoms with van der Waals surface area (Å²) in [6, 6.07) is 12.5. The third kappa shape index (κ3) is 4.60. The van der Waals surface area contributed by atoms with Crippen molar-refractivity contribution in [2.75, 3.05) is 35.0 Å². The van der Waals surface area contributed by atoms with Crippen molar-refractivity contribution in [3.8, 4) is 0 Å². The summed E-state index contributed by atoms with van der Waals surface area (Å²) in [5.41, 5.74) is 1.40. The maximum Gasteiger partial charge on any atom is 0.255 e. The van der Waals surface area contributed by atoms with E-state index in [1.54, 1.807) is 36.4 Å². The molecule has 2 fully saturated rings. The molecule has 2 aliphatic heterocycles. The van der Waals surface area contributed by atoms with Crippen LogP contribution in [0.3, 0.4) is 0 Å². The van der Waals surface area contributed by atoms with E-state index in [1.807, 2.05) is 0 Å². The van der Waals surface area contributed by atoms with Crippen molar-refractivity contribution in [1.82, 2.24) is 4.31 Å². The standard InChI is InChI=1S/C21H25N3O5S2/c25-21(17-5-9-19(10-6-17)24-15-4-16-30(24,26)27)22-18-7-11-20(12-8-18)31(28,29)23-13-2-1-3-14-23/h5-12H,1-4,13-16H2,(H,22,25). The maximum atomic E-state index is 12.7. The summed E-state index contributed by atoms with van der Waals surface area (Å²) in [5, 5.41) is 2.74. The number of benzene rings is 2. The van der Waals surface area contributed by atoms with E-state index in [4.69, 9.17) is 0 Å². The zero-order valence-electron chi connectivity index (χ0n) is 17.0. The van der Waals surface area contributed by atoms with Crippen LogP contribution < -0.4 is 9.62 Å². The SMILES string of the molecule is O=C(Nc1ccc(S(=O)(=O)N2CCCCC2)cc1)c1ccc(N2CCCS2(=O)=O)cc1. The molecule has 166 valence electrons. The largest absolute Gasteiger partial charge is 0.322 e. The summed E-state index contributed by atoms with van der Waals surface area (Å²) >= 11 is 0. The lowest BCUT2D eigenvalue weighted by Crippen LogP contribution is -2.35. The summed E-state index contributed by atoms with van der Waals surface area (Å²) in [5.74, 6) is -0.221. The minimum absolute atomic E-state index is 0.138. The molecular weight excluding hydrogens is 438 g/mol. The summed E-state index contributed by atoms with van der Waals surface area (Å²) in [4.78, 5) is 12.7. The van der Waals surface area contributed by atoms with E-state index in [1.165, 1.54) is 20.7 Å². The number of hydrogen-bond acceptors (Lipinski definition) is 5. The zero-order valence-corrected chi connectivity index (χ0v) is 18.7. The Hall–Kier alpha value is -2.43. The first kappa shape index (κ1) is 21.8. The second kappa shape index (κ2) is 8.60. The molecule has 2 aromatic carbocycles. The lowest BCUT2D eigenvalue weighted by molar-refractivity contribution is 0.102. The van der Waals surface area contributed by atoms with Gasteiger partial charge in [0.2, 0.25) is 20.0 Å². The molecule has 10 heteroatoms. The van der Waals surface area contributed by atoms with Crippen molar-refractivity contribution >= 4 is 37.3 Å². The molecule has 0 aromatic heterocycles. The number of sulfonamides is 2. The molecule has 0 saturated carbocycles. The Kier molecular flexibility index (Phi) is 6.05. The lowest BCUT2D eigenvalue weighted by Gasteiger charge is -2.25. The second-order valence-electron chi connectivity index (χ2n) is 7.73. The maximum absolute atomic E-state index is 12.7. The third-order valence-electron chi connectivity index (χ3n) is 5.58. The number of nitrogens with one attached hydrogen (secondary N) is 1. The Morgan fingerprint density at radius 2 is 1.48 bits per heavy atom. The Labute approximate surface area is 183 Å². The summed E-state index contributed by atoms with van der Waals surface area (Å²) in [7, 11) is -6.78. The summed E-state index contributed by atoms with van der Waals surface area (Å²) in [6.45, 7) is 1.52. The molecule has 2 aliphatic rings. The number of carbonyl (C=O) groups is 1. The van der Waals surface area contributed by atoms with Crippen molar-refractivity contribution in [2.45, 2.75) is 30.6 Å². The fourth-order valence-corrected chi connectivity index (χ4v) is 6.96. The molecule has 1 N–H and O–H groups in total. The Morgan fingerprint density at radius 3 is 2.06 bits per heavy atom. The van der Waals surface area contributed by atoms with Gasteiger partial charge < -0.3 is 5.32 Å². The highest BCUT2D eigenvalue weighted by Crippen LogP contribution is 2.25. The molecule has 8 nitrogen and oxygen atoms in total. The second-order valence-corrected chi connectivity index (χ2v) is 11.7. The fraction of sp³-hybridized carbons (Fsp3) is 0.381. The molecule has 0 aliphatic carbocycles. The van der Waals surface area contributed by atoms with Crippen molar-refractivity contribution in [3.05, 3.63) is 54.1 Å². The van der Waals surface area contributed by atoms with Crippen LogP contribution >= 0.6 is 0 Å². The number of nitrogens with zero attached hydrogens (tertiary/aromatic N) is 2. The van der Waals surface area contributed by atoms with Crippen LogP contribution in [-0.4, -0.2) is 52.4 Å². The van der Waals surface area contributed by atoms with Crippen molar-refractivity contribution in [2.24, 2.45) is 0 Å². The molecule has 1 amide bonds. The van der Waals surface area contributed by atoms with Gasteiger partial charge in [-0.05, 0) is 67.8 Å². The van der Waals surface area contributed by atoms with E-state index < -0.39 is 20.0 Å². The number of carbonyl (C=O) groups excluding carboxylic acids is 1. The first-order chi connectivity index (χ1) is 14.8. The number of amides is 1. The molecule has 0 bridgehead atoms. The van der Waals surface area contributed by atoms with Crippen molar-refractivity contribution < 1.29 is 21.6 Å². The van der Waals surface area contributed by atoms with Gasteiger partial charge in [0.15, 0.2) is 0 Å². The van der Waals surface area contributed by atoms with E-state index >= 15 is 0 Å². The Balaban J connectivity index is 1.43. The predicted molar refractivity (Wildman–Crippen MR) is 119 cm³/mol. The van der Waals surface area contributed by atoms with Crippen LogP contribution in [0.2, 0.25) is 0 Å². The molecule has 31 heavy (non-hydrogen) atoms. The molecule has 0 spiro atoms. The molecule has 0 radical (unpaired) electrons.